The van der Waals surface area contributed by atoms with Gasteiger partial charge in [-0.3, -0.25) is 4.79 Å². The summed E-state index contributed by atoms with van der Waals surface area (Å²) in [5.41, 5.74) is -0.815. The molecule has 1 amide bonds. The van der Waals surface area contributed by atoms with Crippen LogP contribution in [0, 0.1) is 22.7 Å². The SMILES string of the molecule is CCC1CCCN(C(=O)C2(C#N)CCOCC2)CC1. The fourth-order valence-electron chi connectivity index (χ4n) is 3.17. The van der Waals surface area contributed by atoms with Crippen LogP contribution < -0.4 is 0 Å². The molecule has 0 aliphatic carbocycles. The predicted octanol–water partition coefficient (Wildman–Crippen LogP) is 2.35. The van der Waals surface area contributed by atoms with Crippen molar-refractivity contribution in [3.05, 3.63) is 0 Å². The van der Waals surface area contributed by atoms with E-state index in [1.807, 2.05) is 4.90 Å². The third kappa shape index (κ3) is 3.09. The first kappa shape index (κ1) is 14.3. The Labute approximate surface area is 115 Å². The van der Waals surface area contributed by atoms with Crippen LogP contribution in [0.15, 0.2) is 0 Å². The first-order valence-corrected chi connectivity index (χ1v) is 7.50. The average molecular weight is 264 g/mol. The summed E-state index contributed by atoms with van der Waals surface area (Å²) in [5, 5.41) is 9.46. The largest absolute Gasteiger partial charge is 0.381 e. The number of carbonyl (C=O) groups excluding carboxylic acids is 1. The average Bonchev–Trinajstić information content (AvgIpc) is 2.72. The van der Waals surface area contributed by atoms with Crippen molar-refractivity contribution in [2.24, 2.45) is 11.3 Å². The highest BCUT2D eigenvalue weighted by molar-refractivity contribution is 5.85. The Kier molecular flexibility index (Phi) is 4.81. The van der Waals surface area contributed by atoms with Gasteiger partial charge in [0.1, 0.15) is 5.41 Å². The van der Waals surface area contributed by atoms with Gasteiger partial charge in [0.2, 0.25) is 5.91 Å². The van der Waals surface area contributed by atoms with Crippen LogP contribution in [0.25, 0.3) is 0 Å². The van der Waals surface area contributed by atoms with E-state index in [2.05, 4.69) is 13.0 Å². The summed E-state index contributed by atoms with van der Waals surface area (Å²) in [6.07, 6.45) is 5.66. The number of nitrogens with zero attached hydrogens (tertiary/aromatic N) is 2. The van der Waals surface area contributed by atoms with Gasteiger partial charge >= 0.3 is 0 Å². The van der Waals surface area contributed by atoms with E-state index < -0.39 is 5.41 Å². The molecule has 2 fully saturated rings. The Hall–Kier alpha value is -1.08. The van der Waals surface area contributed by atoms with Crippen LogP contribution in [0.3, 0.4) is 0 Å². The third-order valence-electron chi connectivity index (χ3n) is 4.68. The molecule has 19 heavy (non-hydrogen) atoms. The van der Waals surface area contributed by atoms with E-state index in [9.17, 15) is 10.1 Å². The van der Waals surface area contributed by atoms with Crippen molar-refractivity contribution < 1.29 is 9.53 Å². The van der Waals surface area contributed by atoms with Gasteiger partial charge in [-0.2, -0.15) is 5.26 Å². The molecule has 2 rings (SSSR count). The van der Waals surface area contributed by atoms with Gasteiger partial charge in [0.25, 0.3) is 0 Å². The lowest BCUT2D eigenvalue weighted by Gasteiger charge is -2.34. The van der Waals surface area contributed by atoms with Crippen molar-refractivity contribution in [2.45, 2.75) is 45.4 Å². The topological polar surface area (TPSA) is 53.3 Å². The lowest BCUT2D eigenvalue weighted by Crippen LogP contribution is -2.46. The molecule has 0 aromatic carbocycles. The molecule has 0 spiro atoms. The molecular formula is C15H24N2O2. The van der Waals surface area contributed by atoms with Gasteiger partial charge in [-0.25, -0.2) is 0 Å². The fraction of sp³-hybridized carbons (Fsp3) is 0.867. The van der Waals surface area contributed by atoms with Crippen LogP contribution >= 0.6 is 0 Å². The number of ether oxygens (including phenoxy) is 1. The standard InChI is InChI=1S/C15H24N2O2/c1-2-13-4-3-8-17(9-5-13)14(18)15(12-16)6-10-19-11-7-15/h13H,2-11H2,1H3. The molecule has 1 atom stereocenters. The maximum Gasteiger partial charge on any atom is 0.243 e. The molecule has 0 aromatic heterocycles. The van der Waals surface area contributed by atoms with Crippen LogP contribution in [0.2, 0.25) is 0 Å². The van der Waals surface area contributed by atoms with E-state index in [0.29, 0.717) is 26.1 Å². The van der Waals surface area contributed by atoms with Crippen molar-refractivity contribution in [1.29, 1.82) is 5.26 Å². The minimum Gasteiger partial charge on any atom is -0.381 e. The molecule has 1 unspecified atom stereocenters. The first-order valence-electron chi connectivity index (χ1n) is 7.50. The molecule has 2 saturated heterocycles. The normalized spacial score (nSPS) is 27.4. The summed E-state index contributed by atoms with van der Waals surface area (Å²) in [4.78, 5) is 14.6. The molecule has 0 N–H and O–H groups in total. The van der Waals surface area contributed by atoms with Crippen LogP contribution in [0.5, 0.6) is 0 Å². The highest BCUT2D eigenvalue weighted by atomic mass is 16.5. The Bertz CT molecular complexity index is 356. The quantitative estimate of drug-likeness (QED) is 0.769. The van der Waals surface area contributed by atoms with Crippen molar-refractivity contribution in [1.82, 2.24) is 4.90 Å². The van der Waals surface area contributed by atoms with Gasteiger partial charge in [0.15, 0.2) is 0 Å². The predicted molar refractivity (Wildman–Crippen MR) is 72.3 cm³/mol. The zero-order valence-electron chi connectivity index (χ0n) is 11.9. The molecule has 0 saturated carbocycles. The van der Waals surface area contributed by atoms with Gasteiger partial charge in [-0.1, -0.05) is 13.3 Å². The lowest BCUT2D eigenvalue weighted by atomic mass is 9.80. The summed E-state index contributed by atoms with van der Waals surface area (Å²) >= 11 is 0. The van der Waals surface area contributed by atoms with E-state index >= 15 is 0 Å². The number of nitriles is 1. The molecule has 0 radical (unpaired) electrons. The van der Waals surface area contributed by atoms with Crippen molar-refractivity contribution in [2.75, 3.05) is 26.3 Å². The Morgan fingerprint density at radius 2 is 2.11 bits per heavy atom. The smallest absolute Gasteiger partial charge is 0.243 e. The molecule has 2 aliphatic rings. The number of hydrogen-bond acceptors (Lipinski definition) is 3. The molecule has 4 heteroatoms. The second kappa shape index (κ2) is 6.38. The molecule has 2 heterocycles. The van der Waals surface area contributed by atoms with Gasteiger partial charge in [0.05, 0.1) is 6.07 Å². The van der Waals surface area contributed by atoms with Crippen LogP contribution in [0.4, 0.5) is 0 Å². The van der Waals surface area contributed by atoms with Crippen LogP contribution in [-0.2, 0) is 9.53 Å². The van der Waals surface area contributed by atoms with Crippen molar-refractivity contribution in [3.8, 4) is 6.07 Å². The van der Waals surface area contributed by atoms with E-state index in [0.717, 1.165) is 31.8 Å². The highest BCUT2D eigenvalue weighted by Crippen LogP contribution is 2.33. The lowest BCUT2D eigenvalue weighted by molar-refractivity contribution is -0.143. The van der Waals surface area contributed by atoms with Gasteiger partial charge in [-0.15, -0.1) is 0 Å². The minimum absolute atomic E-state index is 0.0510. The molecular weight excluding hydrogens is 240 g/mol. The van der Waals surface area contributed by atoms with Crippen molar-refractivity contribution >= 4 is 5.91 Å². The summed E-state index contributed by atoms with van der Waals surface area (Å²) in [5.74, 6) is 0.792. The Morgan fingerprint density at radius 1 is 1.37 bits per heavy atom. The van der Waals surface area contributed by atoms with Gasteiger partial charge in [0, 0.05) is 26.3 Å². The van der Waals surface area contributed by atoms with Gasteiger partial charge < -0.3 is 9.64 Å². The molecule has 0 bridgehead atoms. The Morgan fingerprint density at radius 3 is 2.74 bits per heavy atom. The van der Waals surface area contributed by atoms with E-state index in [1.165, 1.54) is 12.8 Å². The summed E-state index contributed by atoms with van der Waals surface area (Å²) in [7, 11) is 0. The summed E-state index contributed by atoms with van der Waals surface area (Å²) < 4.78 is 5.30. The zero-order valence-corrected chi connectivity index (χ0v) is 11.9. The summed E-state index contributed by atoms with van der Waals surface area (Å²) in [6.45, 7) is 4.92. The van der Waals surface area contributed by atoms with Gasteiger partial charge in [-0.05, 0) is 38.0 Å². The second-order valence-corrected chi connectivity index (χ2v) is 5.80. The van der Waals surface area contributed by atoms with E-state index in [-0.39, 0.29) is 5.91 Å². The maximum absolute atomic E-state index is 12.7. The third-order valence-corrected chi connectivity index (χ3v) is 4.68. The number of likely N-dealkylation sites (tertiary alicyclic amines) is 1. The minimum atomic E-state index is -0.815. The number of hydrogen-bond donors (Lipinski definition) is 0. The second-order valence-electron chi connectivity index (χ2n) is 5.80. The molecule has 2 aliphatic heterocycles. The van der Waals surface area contributed by atoms with Crippen LogP contribution in [-0.4, -0.2) is 37.1 Å². The monoisotopic (exact) mass is 264 g/mol. The Balaban J connectivity index is 2.03. The summed E-state index contributed by atoms with van der Waals surface area (Å²) in [6, 6.07) is 2.29. The first-order chi connectivity index (χ1) is 9.22. The molecule has 4 nitrogen and oxygen atoms in total. The number of carbonyl (C=O) groups is 1. The van der Waals surface area contributed by atoms with Crippen molar-refractivity contribution in [3.63, 3.8) is 0 Å². The number of amides is 1. The molecule has 106 valence electrons. The zero-order chi connectivity index (χ0) is 13.7. The maximum atomic E-state index is 12.7. The fourth-order valence-corrected chi connectivity index (χ4v) is 3.17. The molecule has 0 aromatic rings. The number of rotatable bonds is 2. The highest BCUT2D eigenvalue weighted by Gasteiger charge is 2.43. The van der Waals surface area contributed by atoms with E-state index in [4.69, 9.17) is 4.74 Å². The van der Waals surface area contributed by atoms with Crippen LogP contribution in [0.1, 0.15) is 45.4 Å². The van der Waals surface area contributed by atoms with E-state index in [1.54, 1.807) is 0 Å².